The van der Waals surface area contributed by atoms with Crippen molar-refractivity contribution in [3.8, 4) is 0 Å². The fourth-order valence-electron chi connectivity index (χ4n) is 1.88. The fraction of sp³-hybridized carbons (Fsp3) is 0.176. The predicted molar refractivity (Wildman–Crippen MR) is 81.7 cm³/mol. The van der Waals surface area contributed by atoms with Crippen LogP contribution in [0.5, 0.6) is 0 Å². The number of esters is 1. The van der Waals surface area contributed by atoms with Gasteiger partial charge >= 0.3 is 12.1 Å². The lowest BCUT2D eigenvalue weighted by Crippen LogP contribution is -2.27. The SMILES string of the molecule is O=C(OCc1ccccc1)C(Cl)C(=O)c1ccc(C(F)(F)F)cc1. The topological polar surface area (TPSA) is 43.4 Å². The zero-order chi connectivity index (χ0) is 17.7. The van der Waals surface area contributed by atoms with Crippen LogP contribution in [0.1, 0.15) is 21.5 Å². The standard InChI is InChI=1S/C17H12ClF3O3/c18-14(16(23)24-10-11-4-2-1-3-5-11)15(22)12-6-8-13(9-7-12)17(19,20)21/h1-9,14H,10H2. The normalized spacial score (nSPS) is 12.5. The average molecular weight is 357 g/mol. The van der Waals surface area contributed by atoms with Crippen LogP contribution in [-0.2, 0) is 22.3 Å². The number of ketones is 1. The maximum absolute atomic E-state index is 12.5. The van der Waals surface area contributed by atoms with Crippen LogP contribution in [0.15, 0.2) is 54.6 Å². The molecular weight excluding hydrogens is 345 g/mol. The summed E-state index contributed by atoms with van der Waals surface area (Å²) in [5, 5.41) is -1.62. The first-order chi connectivity index (χ1) is 11.3. The Morgan fingerprint density at radius 1 is 1.00 bits per heavy atom. The van der Waals surface area contributed by atoms with Gasteiger partial charge in [0.25, 0.3) is 0 Å². The largest absolute Gasteiger partial charge is 0.459 e. The van der Waals surface area contributed by atoms with E-state index in [4.69, 9.17) is 16.3 Å². The molecule has 2 aromatic carbocycles. The molecule has 7 heteroatoms. The monoisotopic (exact) mass is 356 g/mol. The Hall–Kier alpha value is -2.34. The highest BCUT2D eigenvalue weighted by molar-refractivity contribution is 6.43. The molecule has 0 aliphatic rings. The van der Waals surface area contributed by atoms with Crippen molar-refractivity contribution in [3.63, 3.8) is 0 Å². The lowest BCUT2D eigenvalue weighted by Gasteiger charge is -2.10. The number of carbonyl (C=O) groups is 2. The number of rotatable bonds is 5. The molecular formula is C17H12ClF3O3. The second-order valence-corrected chi connectivity index (χ2v) is 5.33. The van der Waals surface area contributed by atoms with E-state index >= 15 is 0 Å². The Kier molecular flexibility index (Phi) is 5.62. The van der Waals surface area contributed by atoms with Gasteiger partial charge < -0.3 is 4.74 Å². The van der Waals surface area contributed by atoms with Gasteiger partial charge in [-0.05, 0) is 17.7 Å². The summed E-state index contributed by atoms with van der Waals surface area (Å²) in [6.45, 7) is -0.0524. The molecule has 0 bridgehead atoms. The third-order valence-corrected chi connectivity index (χ3v) is 3.53. The Morgan fingerprint density at radius 2 is 1.58 bits per heavy atom. The molecule has 0 spiro atoms. The van der Waals surface area contributed by atoms with Crippen LogP contribution in [-0.4, -0.2) is 17.1 Å². The van der Waals surface area contributed by atoms with Crippen molar-refractivity contribution in [1.82, 2.24) is 0 Å². The number of halogens is 4. The highest BCUT2D eigenvalue weighted by atomic mass is 35.5. The molecule has 0 N–H and O–H groups in total. The van der Waals surface area contributed by atoms with Gasteiger partial charge in [-0.25, -0.2) is 4.79 Å². The molecule has 2 rings (SSSR count). The molecule has 0 saturated carbocycles. The predicted octanol–water partition coefficient (Wildman–Crippen LogP) is 4.24. The molecule has 0 saturated heterocycles. The van der Waals surface area contributed by atoms with E-state index in [0.717, 1.165) is 29.8 Å². The van der Waals surface area contributed by atoms with Gasteiger partial charge in [0.1, 0.15) is 6.61 Å². The zero-order valence-electron chi connectivity index (χ0n) is 12.2. The van der Waals surface area contributed by atoms with Gasteiger partial charge in [-0.3, -0.25) is 4.79 Å². The van der Waals surface area contributed by atoms with Crippen LogP contribution in [0, 0.1) is 0 Å². The zero-order valence-corrected chi connectivity index (χ0v) is 13.0. The molecule has 0 radical (unpaired) electrons. The van der Waals surface area contributed by atoms with E-state index in [1.165, 1.54) is 0 Å². The van der Waals surface area contributed by atoms with Crippen LogP contribution >= 0.6 is 11.6 Å². The fourth-order valence-corrected chi connectivity index (χ4v) is 2.07. The lowest BCUT2D eigenvalue weighted by atomic mass is 10.1. The highest BCUT2D eigenvalue weighted by Gasteiger charge is 2.31. The summed E-state index contributed by atoms with van der Waals surface area (Å²) in [6, 6.07) is 12.2. The minimum absolute atomic E-state index is 0.0524. The van der Waals surface area contributed by atoms with E-state index in [2.05, 4.69) is 0 Å². The molecule has 0 fully saturated rings. The number of alkyl halides is 4. The number of ether oxygens (including phenoxy) is 1. The van der Waals surface area contributed by atoms with Gasteiger partial charge in [0.2, 0.25) is 0 Å². The van der Waals surface area contributed by atoms with Gasteiger partial charge in [0.15, 0.2) is 11.2 Å². The van der Waals surface area contributed by atoms with Crippen LogP contribution in [0.3, 0.4) is 0 Å². The number of Topliss-reactive ketones (excluding diaryl/α,β-unsaturated/α-hetero) is 1. The summed E-state index contributed by atoms with van der Waals surface area (Å²) in [6.07, 6.45) is -4.50. The van der Waals surface area contributed by atoms with E-state index in [1.54, 1.807) is 30.3 Å². The minimum atomic E-state index is -4.50. The second-order valence-electron chi connectivity index (χ2n) is 4.90. The molecule has 0 aliphatic carbocycles. The Labute approximate surface area is 141 Å². The molecule has 0 aromatic heterocycles. The van der Waals surface area contributed by atoms with Crippen LogP contribution in [0.25, 0.3) is 0 Å². The molecule has 24 heavy (non-hydrogen) atoms. The molecule has 0 amide bonds. The van der Waals surface area contributed by atoms with E-state index in [9.17, 15) is 22.8 Å². The van der Waals surface area contributed by atoms with E-state index in [-0.39, 0.29) is 12.2 Å². The van der Waals surface area contributed by atoms with E-state index in [0.29, 0.717) is 0 Å². The Morgan fingerprint density at radius 3 is 2.12 bits per heavy atom. The van der Waals surface area contributed by atoms with Crippen LogP contribution in [0.4, 0.5) is 13.2 Å². The van der Waals surface area contributed by atoms with Gasteiger partial charge in [-0.15, -0.1) is 11.6 Å². The maximum atomic E-state index is 12.5. The second kappa shape index (κ2) is 7.49. The van der Waals surface area contributed by atoms with Crippen molar-refractivity contribution in [2.75, 3.05) is 0 Å². The van der Waals surface area contributed by atoms with Gasteiger partial charge in [-0.1, -0.05) is 42.5 Å². The first kappa shape index (κ1) is 18.0. The number of hydrogen-bond acceptors (Lipinski definition) is 3. The molecule has 3 nitrogen and oxygen atoms in total. The summed E-state index contributed by atoms with van der Waals surface area (Å²) in [7, 11) is 0. The maximum Gasteiger partial charge on any atom is 0.416 e. The van der Waals surface area contributed by atoms with E-state index < -0.39 is 28.9 Å². The van der Waals surface area contributed by atoms with E-state index in [1.807, 2.05) is 0 Å². The first-order valence-corrected chi connectivity index (χ1v) is 7.29. The third-order valence-electron chi connectivity index (χ3n) is 3.16. The molecule has 0 aliphatic heterocycles. The smallest absolute Gasteiger partial charge is 0.416 e. The molecule has 1 atom stereocenters. The quantitative estimate of drug-likeness (QED) is 0.348. The first-order valence-electron chi connectivity index (χ1n) is 6.85. The average Bonchev–Trinajstić information content (AvgIpc) is 2.58. The highest BCUT2D eigenvalue weighted by Crippen LogP contribution is 2.29. The Bertz CT molecular complexity index is 712. The van der Waals surface area contributed by atoms with Crippen LogP contribution < -0.4 is 0 Å². The number of hydrogen-bond donors (Lipinski definition) is 0. The summed E-state index contributed by atoms with van der Waals surface area (Å²) in [4.78, 5) is 23.8. The molecule has 2 aromatic rings. The summed E-state index contributed by atoms with van der Waals surface area (Å²) >= 11 is 5.77. The summed E-state index contributed by atoms with van der Waals surface area (Å²) in [5.74, 6) is -1.77. The van der Waals surface area contributed by atoms with Crippen LogP contribution in [0.2, 0.25) is 0 Å². The molecule has 126 valence electrons. The lowest BCUT2D eigenvalue weighted by molar-refractivity contribution is -0.143. The van der Waals surface area contributed by atoms with Gasteiger partial charge in [0.05, 0.1) is 5.56 Å². The van der Waals surface area contributed by atoms with Crippen molar-refractivity contribution in [3.05, 3.63) is 71.3 Å². The summed E-state index contributed by atoms with van der Waals surface area (Å²) < 4.78 is 42.4. The van der Waals surface area contributed by atoms with Crippen molar-refractivity contribution in [1.29, 1.82) is 0 Å². The molecule has 1 unspecified atom stereocenters. The van der Waals surface area contributed by atoms with Crippen molar-refractivity contribution in [2.24, 2.45) is 0 Å². The number of carbonyl (C=O) groups excluding carboxylic acids is 2. The van der Waals surface area contributed by atoms with Crippen molar-refractivity contribution < 1.29 is 27.5 Å². The summed E-state index contributed by atoms with van der Waals surface area (Å²) in [5.41, 5.74) is -0.270. The van der Waals surface area contributed by atoms with Gasteiger partial charge in [-0.2, -0.15) is 13.2 Å². The third kappa shape index (κ3) is 4.58. The Balaban J connectivity index is 1.99. The number of benzene rings is 2. The van der Waals surface area contributed by atoms with Crippen molar-refractivity contribution in [2.45, 2.75) is 18.2 Å². The van der Waals surface area contributed by atoms with Gasteiger partial charge in [0, 0.05) is 5.56 Å². The molecule has 0 heterocycles. The van der Waals surface area contributed by atoms with Crippen molar-refractivity contribution >= 4 is 23.4 Å². The minimum Gasteiger partial charge on any atom is -0.459 e.